The van der Waals surface area contributed by atoms with Crippen LogP contribution in [0, 0.1) is 23.7 Å². The van der Waals surface area contributed by atoms with Crippen molar-refractivity contribution in [3.63, 3.8) is 0 Å². The van der Waals surface area contributed by atoms with Crippen LogP contribution in [0.25, 0.3) is 0 Å². The smallest absolute Gasteiger partial charge is 0.264 e. The summed E-state index contributed by atoms with van der Waals surface area (Å²) in [5, 5.41) is 23.6. The van der Waals surface area contributed by atoms with Crippen LogP contribution < -0.4 is 28.7 Å². The number of sulfonamides is 2. The second kappa shape index (κ2) is 22.7. The Kier molecular flexibility index (Phi) is 16.3. The number of fused-ring (bicyclic) bond motifs is 8. The van der Waals surface area contributed by atoms with E-state index < -0.39 is 53.6 Å². The molecular formula is C64H78Cl2N4O10S2. The Hall–Kier alpha value is -5.10. The molecule has 4 bridgehead atoms. The summed E-state index contributed by atoms with van der Waals surface area (Å²) >= 11 is 12.8. The topological polar surface area (TPSA) is 192 Å². The first-order chi connectivity index (χ1) is 39.0. The van der Waals surface area contributed by atoms with E-state index in [0.29, 0.717) is 76.6 Å². The second-order valence-electron chi connectivity index (χ2n) is 25.9. The standard InChI is InChI=1S/2C32H39ClN2O5S/c2*1-31(2)14-4-3-7-28(36)25-11-8-23(25)18-35-19-32(15-5-6-21-16-24(33)10-12-26(21)32)20-40-29-13-9-22(17-27(29)35)30(37)34-41(31,38)39/h2*3,7,9-10,12-13,16-17,23,25,28,36H,4-6,8,11,14-15,18-20H2,1-2H3,(H,34,37)/b7-3+;7-3-/t2*23-,25+,28-,32-/m00/s1. The van der Waals surface area contributed by atoms with Crippen LogP contribution >= 0.6 is 23.2 Å². The molecule has 0 unspecified atom stereocenters. The maximum Gasteiger partial charge on any atom is 0.264 e. The van der Waals surface area contributed by atoms with Gasteiger partial charge in [-0.3, -0.25) is 9.59 Å². The monoisotopic (exact) mass is 1200 g/mol. The summed E-state index contributed by atoms with van der Waals surface area (Å²) in [7, 11) is -7.92. The summed E-state index contributed by atoms with van der Waals surface area (Å²) in [5.74, 6) is 0.905. The molecule has 4 aliphatic heterocycles. The number of hydrogen-bond acceptors (Lipinski definition) is 12. The summed E-state index contributed by atoms with van der Waals surface area (Å²) in [6, 6.07) is 22.7. The molecule has 440 valence electrons. The highest BCUT2D eigenvalue weighted by Crippen LogP contribution is 2.49. The van der Waals surface area contributed by atoms with Crippen molar-refractivity contribution in [1.82, 2.24) is 9.44 Å². The van der Waals surface area contributed by atoms with Crippen molar-refractivity contribution in [1.29, 1.82) is 0 Å². The Morgan fingerprint density at radius 1 is 0.561 bits per heavy atom. The normalized spacial score (nSPS) is 31.5. The summed E-state index contributed by atoms with van der Waals surface area (Å²) in [5.41, 5.74) is 6.63. The highest BCUT2D eigenvalue weighted by molar-refractivity contribution is 7.91. The Morgan fingerprint density at radius 2 is 0.976 bits per heavy atom. The van der Waals surface area contributed by atoms with Gasteiger partial charge in [0.2, 0.25) is 20.0 Å². The van der Waals surface area contributed by atoms with Gasteiger partial charge in [-0.1, -0.05) is 59.6 Å². The van der Waals surface area contributed by atoms with Crippen molar-refractivity contribution in [2.24, 2.45) is 23.7 Å². The second-order valence-corrected chi connectivity index (χ2v) is 31.4. The Balaban J connectivity index is 0.000000172. The predicted octanol–water partition coefficient (Wildman–Crippen LogP) is 10.8. The Morgan fingerprint density at radius 3 is 1.37 bits per heavy atom. The lowest BCUT2D eigenvalue weighted by molar-refractivity contribution is 0.0454. The largest absolute Gasteiger partial charge is 0.490 e. The summed E-state index contributed by atoms with van der Waals surface area (Å²) in [6.07, 6.45) is 17.7. The quantitative estimate of drug-likeness (QED) is 0.122. The lowest BCUT2D eigenvalue weighted by Crippen LogP contribution is -2.49. The third-order valence-corrected chi connectivity index (χ3v) is 24.4. The summed E-state index contributed by atoms with van der Waals surface area (Å²) in [4.78, 5) is 31.3. The Labute approximate surface area is 494 Å². The zero-order valence-electron chi connectivity index (χ0n) is 47.5. The minimum Gasteiger partial charge on any atom is -0.490 e. The van der Waals surface area contributed by atoms with Crippen molar-refractivity contribution >= 4 is 66.4 Å². The average molecular weight is 1200 g/mol. The van der Waals surface area contributed by atoms with E-state index in [-0.39, 0.29) is 45.6 Å². The maximum absolute atomic E-state index is 13.3. The SMILES string of the molecule is CC1(C)CC/C=C/[C@H](O)[C@@H]2CC[C@H]2CN2C[C@@]3(CCCc4cc(Cl)ccc43)COc3ccc(cc32)C(=O)NS1(=O)=O.CC1(C)CC/C=C\[C@H](O)[C@@H]2CC[C@H]2CN2C[C@@]3(CCCc4cc(Cl)ccc43)COc3ccc(cc32)C(=O)NS1(=O)=O. The highest BCUT2D eigenvalue weighted by Gasteiger charge is 2.47. The van der Waals surface area contributed by atoms with Gasteiger partial charge in [0.25, 0.3) is 11.8 Å². The molecule has 2 saturated carbocycles. The van der Waals surface area contributed by atoms with E-state index in [1.54, 1.807) is 64.1 Å². The number of aliphatic hydroxyl groups is 2. The molecule has 4 heterocycles. The van der Waals surface area contributed by atoms with E-state index in [4.69, 9.17) is 32.7 Å². The van der Waals surface area contributed by atoms with Gasteiger partial charge in [-0.25, -0.2) is 26.3 Å². The van der Waals surface area contributed by atoms with Gasteiger partial charge in [0, 0.05) is 58.2 Å². The lowest BCUT2D eigenvalue weighted by Gasteiger charge is -2.45. The number of halogens is 2. The van der Waals surface area contributed by atoms with Gasteiger partial charge in [-0.05, 0) is 224 Å². The van der Waals surface area contributed by atoms with E-state index in [1.807, 2.05) is 36.4 Å². The number of anilines is 2. The van der Waals surface area contributed by atoms with E-state index >= 15 is 0 Å². The summed E-state index contributed by atoms with van der Waals surface area (Å²) < 4.78 is 68.3. The molecule has 12 rings (SSSR count). The minimum absolute atomic E-state index is 0.128. The van der Waals surface area contributed by atoms with Gasteiger partial charge in [0.05, 0.1) is 46.3 Å². The van der Waals surface area contributed by atoms with E-state index in [1.165, 1.54) is 22.3 Å². The zero-order valence-corrected chi connectivity index (χ0v) is 50.6. The van der Waals surface area contributed by atoms with E-state index in [2.05, 4.69) is 43.5 Å². The number of allylic oxidation sites excluding steroid dienone is 2. The van der Waals surface area contributed by atoms with Crippen LogP contribution in [0.5, 0.6) is 11.5 Å². The fourth-order valence-electron chi connectivity index (χ4n) is 14.1. The molecule has 4 aromatic rings. The van der Waals surface area contributed by atoms with Crippen LogP contribution in [0.4, 0.5) is 11.4 Å². The number of rotatable bonds is 0. The van der Waals surface area contributed by atoms with Crippen LogP contribution in [0.1, 0.15) is 148 Å². The first-order valence-electron chi connectivity index (χ1n) is 29.4. The predicted molar refractivity (Wildman–Crippen MR) is 323 cm³/mol. The molecule has 2 amide bonds. The number of aryl methyl sites for hydroxylation is 2. The first kappa shape index (κ1) is 58.7. The van der Waals surface area contributed by atoms with Crippen LogP contribution in [-0.4, -0.2) is 100.0 Å². The number of amides is 2. The molecule has 8 atom stereocenters. The van der Waals surface area contributed by atoms with Crippen molar-refractivity contribution in [3.8, 4) is 11.5 Å². The van der Waals surface area contributed by atoms with Crippen LogP contribution in [0.3, 0.4) is 0 Å². The number of ether oxygens (including phenoxy) is 2. The molecule has 18 heteroatoms. The Bertz CT molecular complexity index is 3200. The van der Waals surface area contributed by atoms with Crippen LogP contribution in [0.15, 0.2) is 97.1 Å². The summed E-state index contributed by atoms with van der Waals surface area (Å²) in [6.45, 7) is 10.3. The van der Waals surface area contributed by atoms with E-state index in [0.717, 1.165) is 85.6 Å². The third-order valence-electron chi connectivity index (χ3n) is 19.7. The molecule has 14 nitrogen and oxygen atoms in total. The van der Waals surface area contributed by atoms with Crippen LogP contribution in [-0.2, 0) is 43.7 Å². The van der Waals surface area contributed by atoms with Gasteiger partial charge >= 0.3 is 0 Å². The molecule has 4 N–H and O–H groups in total. The fourth-order valence-corrected chi connectivity index (χ4v) is 16.6. The molecule has 2 spiro atoms. The molecule has 0 saturated heterocycles. The van der Waals surface area contributed by atoms with Crippen molar-refractivity contribution in [2.75, 3.05) is 49.2 Å². The molecule has 0 radical (unpaired) electrons. The first-order valence-corrected chi connectivity index (χ1v) is 33.1. The van der Waals surface area contributed by atoms with Crippen molar-refractivity contribution in [3.05, 3.63) is 141 Å². The number of carbonyl (C=O) groups excluding carboxylic acids is 2. The number of hydrogen-bond donors (Lipinski definition) is 4. The third kappa shape index (κ3) is 11.5. The molecule has 82 heavy (non-hydrogen) atoms. The van der Waals surface area contributed by atoms with Gasteiger partial charge < -0.3 is 29.5 Å². The van der Waals surface area contributed by atoms with Crippen LogP contribution in [0.2, 0.25) is 10.0 Å². The van der Waals surface area contributed by atoms with E-state index in [9.17, 15) is 36.6 Å². The molecule has 0 aromatic heterocycles. The van der Waals surface area contributed by atoms with Crippen molar-refractivity contribution < 1.29 is 46.1 Å². The highest BCUT2D eigenvalue weighted by atomic mass is 35.5. The number of benzene rings is 4. The average Bonchev–Trinajstić information content (AvgIpc) is 3.72. The van der Waals surface area contributed by atoms with Crippen molar-refractivity contribution in [2.45, 2.75) is 150 Å². The molecule has 4 aliphatic carbocycles. The number of nitrogens with zero attached hydrogens (tertiary/aromatic N) is 2. The number of carbonyl (C=O) groups is 2. The van der Waals surface area contributed by atoms with Gasteiger partial charge in [-0.2, -0.15) is 0 Å². The zero-order chi connectivity index (χ0) is 58.0. The molecule has 2 fully saturated rings. The minimum atomic E-state index is -3.96. The van der Waals surface area contributed by atoms with Gasteiger partial charge in [0.1, 0.15) is 11.5 Å². The maximum atomic E-state index is 13.3. The number of aliphatic hydroxyl groups excluding tert-OH is 2. The van der Waals surface area contributed by atoms with Gasteiger partial charge in [0.15, 0.2) is 0 Å². The number of nitrogens with one attached hydrogen (secondary N) is 2. The molecule has 8 aliphatic rings. The fraction of sp³-hybridized carbons (Fsp3) is 0.531. The lowest BCUT2D eigenvalue weighted by atomic mass is 9.68. The molecule has 4 aromatic carbocycles. The molecular weight excluding hydrogens is 1120 g/mol. The van der Waals surface area contributed by atoms with Gasteiger partial charge in [-0.15, -0.1) is 0 Å².